The van der Waals surface area contributed by atoms with Gasteiger partial charge in [-0.2, -0.15) is 0 Å². The SMILES string of the molecule is CCOC(=O)CO/N=C1/CCCN(C(=O)c2ccc(NC(=O)c3ccccc3-c3ccc(C)cc3)cc2)c2ccccc21. The fourth-order valence-electron chi connectivity index (χ4n) is 5.00. The lowest BCUT2D eigenvalue weighted by Crippen LogP contribution is -2.31. The average Bonchev–Trinajstić information content (AvgIpc) is 3.21. The van der Waals surface area contributed by atoms with E-state index < -0.39 is 5.97 Å². The summed E-state index contributed by atoms with van der Waals surface area (Å²) in [5.41, 5.74) is 6.76. The van der Waals surface area contributed by atoms with Gasteiger partial charge in [0.05, 0.1) is 18.0 Å². The highest BCUT2D eigenvalue weighted by atomic mass is 16.7. The van der Waals surface area contributed by atoms with Gasteiger partial charge in [-0.05, 0) is 74.2 Å². The quantitative estimate of drug-likeness (QED) is 0.188. The van der Waals surface area contributed by atoms with Gasteiger partial charge in [0.2, 0.25) is 6.61 Å². The second kappa shape index (κ2) is 13.6. The van der Waals surface area contributed by atoms with Gasteiger partial charge < -0.3 is 19.8 Å². The summed E-state index contributed by atoms with van der Waals surface area (Å²) in [4.78, 5) is 45.6. The smallest absolute Gasteiger partial charge is 0.347 e. The van der Waals surface area contributed by atoms with Crippen LogP contribution in [0.2, 0.25) is 0 Å². The molecule has 0 saturated carbocycles. The molecule has 0 spiro atoms. The van der Waals surface area contributed by atoms with E-state index in [4.69, 9.17) is 9.57 Å². The van der Waals surface area contributed by atoms with Gasteiger partial charge in [0.1, 0.15) is 0 Å². The van der Waals surface area contributed by atoms with Crippen LogP contribution in [-0.2, 0) is 14.4 Å². The Balaban J connectivity index is 1.31. The molecule has 0 aromatic heterocycles. The molecule has 0 fully saturated rings. The Morgan fingerprint density at radius 2 is 1.56 bits per heavy atom. The first-order valence-electron chi connectivity index (χ1n) is 14.3. The van der Waals surface area contributed by atoms with Crippen molar-refractivity contribution in [2.45, 2.75) is 26.7 Å². The zero-order valence-electron chi connectivity index (χ0n) is 24.2. The normalized spacial score (nSPS) is 13.5. The highest BCUT2D eigenvalue weighted by Crippen LogP contribution is 2.29. The Morgan fingerprint density at radius 3 is 2.30 bits per heavy atom. The molecular formula is C35H33N3O5. The van der Waals surface area contributed by atoms with Crippen LogP contribution in [0.3, 0.4) is 0 Å². The lowest BCUT2D eigenvalue weighted by Gasteiger charge is -2.23. The number of hydrogen-bond acceptors (Lipinski definition) is 6. The maximum Gasteiger partial charge on any atom is 0.347 e. The number of amides is 2. The lowest BCUT2D eigenvalue weighted by atomic mass is 9.98. The predicted octanol–water partition coefficient (Wildman–Crippen LogP) is 6.64. The average molecular weight is 576 g/mol. The molecule has 0 unspecified atom stereocenters. The minimum atomic E-state index is -0.485. The van der Waals surface area contributed by atoms with E-state index in [9.17, 15) is 14.4 Å². The molecule has 2 amide bonds. The van der Waals surface area contributed by atoms with Crippen molar-refractivity contribution in [2.24, 2.45) is 5.16 Å². The number of esters is 1. The van der Waals surface area contributed by atoms with E-state index in [-0.39, 0.29) is 25.0 Å². The summed E-state index contributed by atoms with van der Waals surface area (Å²) in [7, 11) is 0. The van der Waals surface area contributed by atoms with Gasteiger partial charge in [-0.1, -0.05) is 71.4 Å². The number of carbonyl (C=O) groups is 3. The van der Waals surface area contributed by atoms with Crippen LogP contribution in [0.1, 0.15) is 51.6 Å². The van der Waals surface area contributed by atoms with Gasteiger partial charge in [0, 0.05) is 28.9 Å². The van der Waals surface area contributed by atoms with Crippen LogP contribution in [-0.4, -0.2) is 43.3 Å². The number of carbonyl (C=O) groups excluding carboxylic acids is 3. The summed E-state index contributed by atoms with van der Waals surface area (Å²) < 4.78 is 4.89. The Kier molecular flexibility index (Phi) is 9.26. The van der Waals surface area contributed by atoms with Crippen molar-refractivity contribution in [3.63, 3.8) is 0 Å². The molecule has 0 radical (unpaired) electrons. The Labute approximate surface area is 250 Å². The highest BCUT2D eigenvalue weighted by Gasteiger charge is 2.25. The second-order valence-corrected chi connectivity index (χ2v) is 10.1. The van der Waals surface area contributed by atoms with Gasteiger partial charge in [0.15, 0.2) is 0 Å². The Bertz CT molecular complexity index is 1650. The first kappa shape index (κ1) is 29.3. The fourth-order valence-corrected chi connectivity index (χ4v) is 5.00. The Morgan fingerprint density at radius 1 is 0.860 bits per heavy atom. The van der Waals surface area contributed by atoms with Crippen molar-refractivity contribution in [3.8, 4) is 11.1 Å². The summed E-state index contributed by atoms with van der Waals surface area (Å²) in [5, 5.41) is 7.17. The van der Waals surface area contributed by atoms with Crippen molar-refractivity contribution >= 4 is 34.9 Å². The number of oxime groups is 1. The van der Waals surface area contributed by atoms with E-state index >= 15 is 0 Å². The maximum absolute atomic E-state index is 13.7. The van der Waals surface area contributed by atoms with E-state index in [0.29, 0.717) is 47.6 Å². The molecular weight excluding hydrogens is 542 g/mol. The third-order valence-electron chi connectivity index (χ3n) is 7.13. The van der Waals surface area contributed by atoms with Gasteiger partial charge in [-0.15, -0.1) is 0 Å². The molecule has 1 heterocycles. The number of aryl methyl sites for hydroxylation is 1. The highest BCUT2D eigenvalue weighted by molar-refractivity contribution is 6.13. The molecule has 0 atom stereocenters. The largest absolute Gasteiger partial charge is 0.463 e. The monoisotopic (exact) mass is 575 g/mol. The molecule has 0 saturated heterocycles. The van der Waals surface area contributed by atoms with Gasteiger partial charge in [-0.25, -0.2) is 4.79 Å². The summed E-state index contributed by atoms with van der Waals surface area (Å²) in [5.74, 6) is -0.877. The lowest BCUT2D eigenvalue weighted by molar-refractivity contribution is -0.148. The standard InChI is InChI=1S/C35H33N3O5/c1-3-42-33(39)23-43-37-31-12-8-22-38(32-13-7-6-11-30(31)32)35(41)26-18-20-27(21-19-26)36-34(40)29-10-5-4-9-28(29)25-16-14-24(2)15-17-25/h4-7,9-11,13-21H,3,8,12,22-23H2,1-2H3,(H,36,40)/b37-31-. The second-order valence-electron chi connectivity index (χ2n) is 10.1. The third kappa shape index (κ3) is 6.98. The minimum absolute atomic E-state index is 0.163. The molecule has 1 N–H and O–H groups in total. The van der Waals surface area contributed by atoms with Gasteiger partial charge >= 0.3 is 5.97 Å². The van der Waals surface area contributed by atoms with Crippen LogP contribution in [0.25, 0.3) is 11.1 Å². The van der Waals surface area contributed by atoms with Gasteiger partial charge in [0.25, 0.3) is 11.8 Å². The van der Waals surface area contributed by atoms with E-state index in [1.54, 1.807) is 42.2 Å². The minimum Gasteiger partial charge on any atom is -0.463 e. The summed E-state index contributed by atoms with van der Waals surface area (Å²) >= 11 is 0. The molecule has 4 aromatic carbocycles. The van der Waals surface area contributed by atoms with Crippen molar-refractivity contribution in [3.05, 3.63) is 119 Å². The Hall–Kier alpha value is -5.24. The first-order valence-corrected chi connectivity index (χ1v) is 14.3. The predicted molar refractivity (Wildman–Crippen MR) is 167 cm³/mol. The summed E-state index contributed by atoms with van der Waals surface area (Å²) in [6.45, 7) is 4.24. The van der Waals surface area contributed by atoms with E-state index in [2.05, 4.69) is 10.5 Å². The number of rotatable bonds is 8. The third-order valence-corrected chi connectivity index (χ3v) is 7.13. The van der Waals surface area contributed by atoms with Crippen LogP contribution >= 0.6 is 0 Å². The van der Waals surface area contributed by atoms with Crippen molar-refractivity contribution in [1.29, 1.82) is 0 Å². The fraction of sp³-hybridized carbons (Fsp3) is 0.200. The topological polar surface area (TPSA) is 97.3 Å². The number of hydrogen-bond donors (Lipinski definition) is 1. The van der Waals surface area contributed by atoms with Crippen molar-refractivity contribution in [1.82, 2.24) is 0 Å². The molecule has 0 aliphatic carbocycles. The zero-order valence-corrected chi connectivity index (χ0v) is 24.2. The molecule has 1 aliphatic rings. The van der Waals surface area contributed by atoms with E-state index in [1.807, 2.05) is 73.7 Å². The number of fused-ring (bicyclic) bond motifs is 1. The zero-order chi connectivity index (χ0) is 30.2. The number of para-hydroxylation sites is 1. The van der Waals surface area contributed by atoms with Gasteiger partial charge in [-0.3, -0.25) is 9.59 Å². The molecule has 0 bridgehead atoms. The number of nitrogens with one attached hydrogen (secondary N) is 1. The first-order chi connectivity index (χ1) is 20.9. The number of anilines is 2. The molecule has 8 nitrogen and oxygen atoms in total. The summed E-state index contributed by atoms with van der Waals surface area (Å²) in [6, 6.07) is 30.0. The van der Waals surface area contributed by atoms with Crippen LogP contribution in [0.4, 0.5) is 11.4 Å². The summed E-state index contributed by atoms with van der Waals surface area (Å²) in [6.07, 6.45) is 1.25. The van der Waals surface area contributed by atoms with E-state index in [0.717, 1.165) is 22.3 Å². The number of nitrogens with zero attached hydrogens (tertiary/aromatic N) is 2. The van der Waals surface area contributed by atoms with Crippen LogP contribution < -0.4 is 10.2 Å². The van der Waals surface area contributed by atoms with Crippen LogP contribution in [0.5, 0.6) is 0 Å². The van der Waals surface area contributed by atoms with Crippen LogP contribution in [0, 0.1) is 6.92 Å². The van der Waals surface area contributed by atoms with Crippen LogP contribution in [0.15, 0.2) is 102 Å². The molecule has 1 aliphatic heterocycles. The van der Waals surface area contributed by atoms with E-state index in [1.165, 1.54) is 0 Å². The number of ether oxygens (including phenoxy) is 1. The molecule has 5 rings (SSSR count). The molecule has 8 heteroatoms. The number of benzene rings is 4. The molecule has 43 heavy (non-hydrogen) atoms. The molecule has 4 aromatic rings. The van der Waals surface area contributed by atoms with Crippen molar-refractivity contribution in [2.75, 3.05) is 30.0 Å². The van der Waals surface area contributed by atoms with Crippen molar-refractivity contribution < 1.29 is 24.0 Å². The molecule has 218 valence electrons. The maximum atomic E-state index is 13.7.